The highest BCUT2D eigenvalue weighted by Gasteiger charge is 2.20. The van der Waals surface area contributed by atoms with Gasteiger partial charge in [0.15, 0.2) is 0 Å². The van der Waals surface area contributed by atoms with Gasteiger partial charge in [0, 0.05) is 12.8 Å². The molecule has 0 aromatic carbocycles. The molecule has 0 heterocycles. The Bertz CT molecular complexity index is 1300. The first kappa shape index (κ1) is 84.6. The van der Waals surface area contributed by atoms with E-state index >= 15 is 0 Å². The number of unbranched alkanes of at least 4 members (excludes halogenated alkanes) is 63. The quantitative estimate of drug-likeness (QED) is 0.0320. The van der Waals surface area contributed by atoms with Gasteiger partial charge in [-0.3, -0.25) is 9.59 Å². The van der Waals surface area contributed by atoms with Gasteiger partial charge in [-0.15, -0.1) is 0 Å². The van der Waals surface area contributed by atoms with Crippen LogP contribution >= 0.6 is 0 Å². The third kappa shape index (κ3) is 71.7. The molecule has 0 radical (unpaired) electrons. The number of rotatable bonds is 76. The number of nitrogens with one attached hydrogen (secondary N) is 1. The van der Waals surface area contributed by atoms with Crippen molar-refractivity contribution in [3.8, 4) is 0 Å². The van der Waals surface area contributed by atoms with Crippen LogP contribution in [-0.4, -0.2) is 47.4 Å². The van der Waals surface area contributed by atoms with Crippen LogP contribution in [0.25, 0.3) is 0 Å². The van der Waals surface area contributed by atoms with Gasteiger partial charge in [-0.25, -0.2) is 0 Å². The molecule has 0 fully saturated rings. The molecule has 0 rings (SSSR count). The van der Waals surface area contributed by atoms with Crippen molar-refractivity contribution < 1.29 is 24.5 Å². The van der Waals surface area contributed by atoms with Crippen LogP contribution in [0.5, 0.6) is 0 Å². The van der Waals surface area contributed by atoms with E-state index < -0.39 is 12.1 Å². The number of aliphatic hydroxyl groups is 2. The van der Waals surface area contributed by atoms with Gasteiger partial charge in [0.25, 0.3) is 0 Å². The Balaban J connectivity index is 3.28. The maximum atomic E-state index is 12.5. The number of ether oxygens (including phenoxy) is 1. The number of carbonyl (C=O) groups is 2. The molecule has 3 N–H and O–H groups in total. The highest BCUT2D eigenvalue weighted by atomic mass is 16.5. The van der Waals surface area contributed by atoms with Crippen LogP contribution in [0.3, 0.4) is 0 Å². The summed E-state index contributed by atoms with van der Waals surface area (Å²) in [5, 5.41) is 23.4. The minimum absolute atomic E-state index is 0.0234. The van der Waals surface area contributed by atoms with Gasteiger partial charge in [-0.05, 0) is 51.4 Å². The Morgan fingerprint density at radius 3 is 0.826 bits per heavy atom. The Morgan fingerprint density at radius 2 is 0.547 bits per heavy atom. The van der Waals surface area contributed by atoms with Crippen molar-refractivity contribution in [3.63, 3.8) is 0 Å². The SMILES string of the molecule is CCCCCCCC/C=C\CCCCCCCCCCCC(=O)OCCCCCCCCCCCCCCCCCCCCCCCCCCCCCCCCCCCCCC(=O)NC(CO)C(O)CCCCCCCCCCCCCCCCC. The zero-order chi connectivity index (χ0) is 62.0. The molecule has 0 spiro atoms. The lowest BCUT2D eigenvalue weighted by molar-refractivity contribution is -0.143. The highest BCUT2D eigenvalue weighted by Crippen LogP contribution is 2.20. The lowest BCUT2D eigenvalue weighted by Gasteiger charge is -2.22. The molecule has 6 heteroatoms. The largest absolute Gasteiger partial charge is 0.466 e. The molecule has 0 aliphatic heterocycles. The van der Waals surface area contributed by atoms with Crippen molar-refractivity contribution in [2.24, 2.45) is 0 Å². The standard InChI is InChI=1S/C80H157NO5/c1-3-5-7-9-11-13-15-17-19-20-38-42-46-50-54-58-62-66-70-74-80(85)86-75-71-67-63-59-55-51-47-43-40-37-35-33-31-29-27-25-23-21-22-24-26-28-30-32-34-36-39-41-45-49-53-57-61-65-69-73-79(84)81-77(76-82)78(83)72-68-64-60-56-52-48-44-18-16-14-12-10-8-6-4-2/h17,19,77-78,82-83H,3-16,18,20-76H2,1-2H3,(H,81,84)/b19-17-. The number of esters is 1. The molecule has 512 valence electrons. The van der Waals surface area contributed by atoms with Gasteiger partial charge in [0.05, 0.1) is 25.4 Å². The number of hydrogen-bond acceptors (Lipinski definition) is 5. The van der Waals surface area contributed by atoms with Crippen molar-refractivity contribution in [2.75, 3.05) is 13.2 Å². The number of amides is 1. The Kier molecular flexibility index (Phi) is 74.8. The number of carbonyl (C=O) groups excluding carboxylic acids is 2. The zero-order valence-electron chi connectivity index (χ0n) is 58.8. The van der Waals surface area contributed by atoms with Crippen LogP contribution in [0.15, 0.2) is 12.2 Å². The van der Waals surface area contributed by atoms with Crippen LogP contribution < -0.4 is 5.32 Å². The van der Waals surface area contributed by atoms with E-state index in [2.05, 4.69) is 31.3 Å². The minimum atomic E-state index is -0.660. The third-order valence-corrected chi connectivity index (χ3v) is 19.1. The van der Waals surface area contributed by atoms with E-state index in [-0.39, 0.29) is 18.5 Å². The summed E-state index contributed by atoms with van der Waals surface area (Å²) in [4.78, 5) is 24.7. The average Bonchev–Trinajstić information content (AvgIpc) is 3.54. The lowest BCUT2D eigenvalue weighted by Crippen LogP contribution is -2.45. The Hall–Kier alpha value is -1.40. The highest BCUT2D eigenvalue weighted by molar-refractivity contribution is 5.76. The van der Waals surface area contributed by atoms with Crippen molar-refractivity contribution in [1.82, 2.24) is 5.32 Å². The van der Waals surface area contributed by atoms with Gasteiger partial charge in [0.2, 0.25) is 5.91 Å². The van der Waals surface area contributed by atoms with Crippen LogP contribution in [0.4, 0.5) is 0 Å². The predicted octanol–water partition coefficient (Wildman–Crippen LogP) is 26.3. The first-order valence-corrected chi connectivity index (χ1v) is 39.9. The lowest BCUT2D eigenvalue weighted by atomic mass is 10.0. The Labute approximate surface area is 539 Å². The van der Waals surface area contributed by atoms with E-state index in [0.717, 1.165) is 38.5 Å². The first-order chi connectivity index (χ1) is 42.5. The topological polar surface area (TPSA) is 95.9 Å². The second kappa shape index (κ2) is 76.1. The summed E-state index contributed by atoms with van der Waals surface area (Å²) in [6, 6.07) is -0.536. The van der Waals surface area contributed by atoms with Crippen LogP contribution in [0.1, 0.15) is 463 Å². The molecule has 0 aliphatic rings. The van der Waals surface area contributed by atoms with Gasteiger partial charge in [0.1, 0.15) is 0 Å². The smallest absolute Gasteiger partial charge is 0.305 e. The average molecular weight is 1210 g/mol. The summed E-state index contributed by atoms with van der Waals surface area (Å²) in [5.74, 6) is -0.00229. The number of aliphatic hydroxyl groups excluding tert-OH is 2. The monoisotopic (exact) mass is 1210 g/mol. The molecule has 2 atom stereocenters. The van der Waals surface area contributed by atoms with Gasteiger partial charge < -0.3 is 20.3 Å². The van der Waals surface area contributed by atoms with E-state index in [0.29, 0.717) is 25.9 Å². The molecule has 0 aliphatic carbocycles. The molecule has 6 nitrogen and oxygen atoms in total. The van der Waals surface area contributed by atoms with Crippen molar-refractivity contribution in [3.05, 3.63) is 12.2 Å². The Morgan fingerprint density at radius 1 is 0.314 bits per heavy atom. The molecule has 0 saturated carbocycles. The molecular formula is C80H157NO5. The fourth-order valence-electron chi connectivity index (χ4n) is 13.0. The fourth-order valence-corrected chi connectivity index (χ4v) is 13.0. The second-order valence-corrected chi connectivity index (χ2v) is 27.8. The molecule has 1 amide bonds. The van der Waals surface area contributed by atoms with E-state index in [9.17, 15) is 19.8 Å². The fraction of sp³-hybridized carbons (Fsp3) is 0.950. The van der Waals surface area contributed by atoms with Crippen LogP contribution in [0.2, 0.25) is 0 Å². The predicted molar refractivity (Wildman–Crippen MR) is 380 cm³/mol. The summed E-state index contributed by atoms with van der Waals surface area (Å²) in [7, 11) is 0. The van der Waals surface area contributed by atoms with Crippen LogP contribution in [0, 0.1) is 0 Å². The summed E-state index contributed by atoms with van der Waals surface area (Å²) in [6.07, 6.45) is 96.0. The summed E-state index contributed by atoms with van der Waals surface area (Å²) in [5.41, 5.74) is 0. The molecule has 0 saturated heterocycles. The van der Waals surface area contributed by atoms with Crippen LogP contribution in [-0.2, 0) is 14.3 Å². The number of hydrogen-bond donors (Lipinski definition) is 3. The molecule has 0 bridgehead atoms. The molecule has 0 aromatic heterocycles. The third-order valence-electron chi connectivity index (χ3n) is 19.1. The van der Waals surface area contributed by atoms with E-state index in [1.807, 2.05) is 0 Å². The summed E-state index contributed by atoms with van der Waals surface area (Å²) in [6.45, 7) is 5.00. The summed E-state index contributed by atoms with van der Waals surface area (Å²) >= 11 is 0. The summed E-state index contributed by atoms with van der Waals surface area (Å²) < 4.78 is 5.52. The van der Waals surface area contributed by atoms with Crippen molar-refractivity contribution in [1.29, 1.82) is 0 Å². The number of allylic oxidation sites excluding steroid dienone is 2. The van der Waals surface area contributed by atoms with Gasteiger partial charge in [-0.2, -0.15) is 0 Å². The zero-order valence-corrected chi connectivity index (χ0v) is 58.8. The van der Waals surface area contributed by atoms with E-state index in [1.54, 1.807) is 0 Å². The van der Waals surface area contributed by atoms with Crippen molar-refractivity contribution >= 4 is 11.9 Å². The van der Waals surface area contributed by atoms with Gasteiger partial charge >= 0.3 is 5.97 Å². The first-order valence-electron chi connectivity index (χ1n) is 39.9. The van der Waals surface area contributed by atoms with Crippen molar-refractivity contribution in [2.45, 2.75) is 475 Å². The second-order valence-electron chi connectivity index (χ2n) is 27.8. The maximum absolute atomic E-state index is 12.5. The molecule has 86 heavy (non-hydrogen) atoms. The molecular weight excluding hydrogens is 1050 g/mol. The van der Waals surface area contributed by atoms with E-state index in [4.69, 9.17) is 4.74 Å². The molecule has 2 unspecified atom stereocenters. The molecule has 0 aromatic rings. The van der Waals surface area contributed by atoms with Gasteiger partial charge in [-0.1, -0.05) is 411 Å². The van der Waals surface area contributed by atoms with E-state index in [1.165, 1.54) is 392 Å². The maximum Gasteiger partial charge on any atom is 0.305 e. The normalized spacial score (nSPS) is 12.5. The minimum Gasteiger partial charge on any atom is -0.466 e.